The van der Waals surface area contributed by atoms with E-state index in [9.17, 15) is 25.4 Å². The van der Waals surface area contributed by atoms with Crippen LogP contribution in [0.4, 0.5) is 5.69 Å². The molecule has 0 N–H and O–H groups in total. The smallest absolute Gasteiger partial charge is 0.334 e. The molecular weight excluding hydrogens is 528 g/mol. The van der Waals surface area contributed by atoms with Crippen molar-refractivity contribution in [1.82, 2.24) is 0 Å². The number of allylic oxidation sites excluding steroid dienone is 1. The van der Waals surface area contributed by atoms with Crippen LogP contribution in [0.15, 0.2) is 84.4 Å². The summed E-state index contributed by atoms with van der Waals surface area (Å²) in [4.78, 5) is 30.3. The van der Waals surface area contributed by atoms with E-state index in [1.165, 1.54) is 6.08 Å². The van der Waals surface area contributed by atoms with Crippen molar-refractivity contribution in [2.24, 2.45) is 5.41 Å². The highest BCUT2D eigenvalue weighted by molar-refractivity contribution is 6.13. The zero-order valence-electron chi connectivity index (χ0n) is 23.7. The number of hydrogen-bond donors (Lipinski definition) is 0. The summed E-state index contributed by atoms with van der Waals surface area (Å²) < 4.78 is 11.0. The van der Waals surface area contributed by atoms with Crippen LogP contribution < -0.4 is 9.64 Å². The normalized spacial score (nSPS) is 20.2. The van der Waals surface area contributed by atoms with Crippen molar-refractivity contribution in [3.05, 3.63) is 107 Å². The number of methoxy groups -OCH3 is 1. The Kier molecular flexibility index (Phi) is 6.85. The summed E-state index contributed by atoms with van der Waals surface area (Å²) in [6.45, 7) is 5.33. The number of nitrogens with zero attached hydrogens (tertiary/aromatic N) is 4. The number of nitriles is 3. The molecule has 5 rings (SSSR count). The van der Waals surface area contributed by atoms with Crippen LogP contribution in [0.25, 0.3) is 0 Å². The molecule has 0 bridgehead atoms. The summed E-state index contributed by atoms with van der Waals surface area (Å²) in [6, 6.07) is 27.2. The first-order chi connectivity index (χ1) is 20.0. The fraction of sp³-hybridized carbons (Fsp3) is 0.265. The number of benzene rings is 3. The fourth-order valence-corrected chi connectivity index (χ4v) is 6.06. The molecule has 2 atom stereocenters. The van der Waals surface area contributed by atoms with Crippen LogP contribution in [-0.2, 0) is 26.3 Å². The molecule has 0 saturated carbocycles. The minimum absolute atomic E-state index is 0.0483. The van der Waals surface area contributed by atoms with Gasteiger partial charge in [0.25, 0.3) is 0 Å². The number of carbonyl (C=O) groups is 2. The molecule has 208 valence electrons. The molecule has 42 heavy (non-hydrogen) atoms. The van der Waals surface area contributed by atoms with Gasteiger partial charge in [0.2, 0.25) is 5.91 Å². The summed E-state index contributed by atoms with van der Waals surface area (Å²) in [5, 5.41) is 30.8. The van der Waals surface area contributed by atoms with Gasteiger partial charge in [-0.25, -0.2) is 4.79 Å². The van der Waals surface area contributed by atoms with Crippen LogP contribution >= 0.6 is 0 Å². The average molecular weight is 557 g/mol. The Hall–Kier alpha value is -5.39. The van der Waals surface area contributed by atoms with Crippen LogP contribution in [0.5, 0.6) is 5.75 Å². The molecule has 0 saturated heterocycles. The molecule has 1 amide bonds. The largest absolute Gasteiger partial charge is 0.497 e. The summed E-state index contributed by atoms with van der Waals surface area (Å²) >= 11 is 0. The zero-order valence-corrected chi connectivity index (χ0v) is 23.7. The number of fused-ring (bicyclic) bond motifs is 2. The second-order valence-electron chi connectivity index (χ2n) is 11.4. The third kappa shape index (κ3) is 4.19. The van der Waals surface area contributed by atoms with Crippen molar-refractivity contribution in [3.8, 4) is 24.0 Å². The second kappa shape index (κ2) is 10.2. The Bertz CT molecular complexity index is 1720. The fourth-order valence-electron chi connectivity index (χ4n) is 6.06. The average Bonchev–Trinajstić information content (AvgIpc) is 3.43. The lowest BCUT2D eigenvalue weighted by molar-refractivity contribution is -0.150. The molecule has 3 aromatic rings. The van der Waals surface area contributed by atoms with Crippen LogP contribution in [0, 0.1) is 39.4 Å². The van der Waals surface area contributed by atoms with E-state index in [0.717, 1.165) is 5.56 Å². The topological polar surface area (TPSA) is 127 Å². The summed E-state index contributed by atoms with van der Waals surface area (Å²) in [6.07, 6.45) is 1.31. The number of ether oxygens (including phenoxy) is 2. The first-order valence-corrected chi connectivity index (χ1v) is 13.4. The third-order valence-electron chi connectivity index (χ3n) is 7.80. The molecule has 0 unspecified atom stereocenters. The van der Waals surface area contributed by atoms with Crippen molar-refractivity contribution in [1.29, 1.82) is 15.8 Å². The van der Waals surface area contributed by atoms with Gasteiger partial charge in [0, 0.05) is 17.2 Å². The van der Waals surface area contributed by atoms with E-state index >= 15 is 0 Å². The van der Waals surface area contributed by atoms with Crippen LogP contribution in [0.2, 0.25) is 0 Å². The van der Waals surface area contributed by atoms with Crippen molar-refractivity contribution in [2.75, 3.05) is 12.0 Å². The molecule has 1 spiro atoms. The molecule has 2 aliphatic rings. The van der Waals surface area contributed by atoms with E-state index in [1.807, 2.05) is 12.1 Å². The molecular formula is C34H28N4O4. The van der Waals surface area contributed by atoms with Crippen LogP contribution in [-0.4, -0.2) is 24.6 Å². The van der Waals surface area contributed by atoms with Gasteiger partial charge in [0.05, 0.1) is 37.4 Å². The maximum Gasteiger partial charge on any atom is 0.334 e. The Morgan fingerprint density at radius 3 is 2.17 bits per heavy atom. The van der Waals surface area contributed by atoms with Gasteiger partial charge in [-0.05, 0) is 73.9 Å². The highest BCUT2D eigenvalue weighted by Gasteiger charge is 2.72. The third-order valence-corrected chi connectivity index (χ3v) is 7.80. The van der Waals surface area contributed by atoms with E-state index in [1.54, 1.807) is 93.4 Å². The Morgan fingerprint density at radius 1 is 0.952 bits per heavy atom. The zero-order chi connectivity index (χ0) is 30.3. The molecule has 0 radical (unpaired) electrons. The molecule has 0 fully saturated rings. The van der Waals surface area contributed by atoms with Gasteiger partial charge in [-0.3, -0.25) is 4.79 Å². The number of carbonyl (C=O) groups excluding carboxylic acids is 2. The predicted octanol–water partition coefficient (Wildman–Crippen LogP) is 5.45. The maximum atomic E-state index is 15.0. The van der Waals surface area contributed by atoms with Gasteiger partial charge in [-0.1, -0.05) is 42.5 Å². The standard InChI is InChI=1S/C34H28N4O4/c1-32(2,3)42-30(39)26-17-33(20-36,21-37)34(29(26)24-13-9-22(18-35)10-14-24)27-7-5-6-8-28(27)38(31(34)40)19-23-11-15-25(41-4)16-12-23/h5-17,29H,19H2,1-4H3/t29-,34+/m1/s1. The number of esters is 1. The minimum atomic E-state index is -2.04. The summed E-state index contributed by atoms with van der Waals surface area (Å²) in [5.74, 6) is -1.58. The molecule has 1 aliphatic heterocycles. The van der Waals surface area contributed by atoms with Crippen molar-refractivity contribution in [3.63, 3.8) is 0 Å². The molecule has 3 aromatic carbocycles. The van der Waals surface area contributed by atoms with Crippen LogP contribution in [0.1, 0.15) is 48.9 Å². The van der Waals surface area contributed by atoms with E-state index < -0.39 is 34.2 Å². The Balaban J connectivity index is 1.78. The van der Waals surface area contributed by atoms with Gasteiger partial charge >= 0.3 is 5.97 Å². The molecule has 1 aliphatic carbocycles. The minimum Gasteiger partial charge on any atom is -0.497 e. The maximum absolute atomic E-state index is 15.0. The lowest BCUT2D eigenvalue weighted by Crippen LogP contribution is -2.52. The summed E-state index contributed by atoms with van der Waals surface area (Å²) in [5.41, 5.74) is -1.95. The molecule has 8 heteroatoms. The number of amides is 1. The predicted molar refractivity (Wildman–Crippen MR) is 154 cm³/mol. The monoisotopic (exact) mass is 556 g/mol. The van der Waals surface area contributed by atoms with Gasteiger partial charge in [-0.15, -0.1) is 0 Å². The molecule has 8 nitrogen and oxygen atoms in total. The van der Waals surface area contributed by atoms with Crippen molar-refractivity contribution >= 4 is 17.6 Å². The van der Waals surface area contributed by atoms with E-state index in [2.05, 4.69) is 18.2 Å². The van der Waals surface area contributed by atoms with Gasteiger partial charge in [0.1, 0.15) is 16.8 Å². The van der Waals surface area contributed by atoms with E-state index in [0.29, 0.717) is 28.1 Å². The first-order valence-electron chi connectivity index (χ1n) is 13.4. The highest BCUT2D eigenvalue weighted by atomic mass is 16.6. The number of anilines is 1. The van der Waals surface area contributed by atoms with Gasteiger partial charge in [-0.2, -0.15) is 15.8 Å². The van der Waals surface area contributed by atoms with E-state index in [-0.39, 0.29) is 12.1 Å². The molecule has 1 heterocycles. The summed E-state index contributed by atoms with van der Waals surface area (Å²) in [7, 11) is 1.57. The Morgan fingerprint density at radius 2 is 1.60 bits per heavy atom. The Labute approximate surface area is 244 Å². The second-order valence-corrected chi connectivity index (χ2v) is 11.4. The molecule has 0 aromatic heterocycles. The quantitative estimate of drug-likeness (QED) is 0.382. The van der Waals surface area contributed by atoms with E-state index in [4.69, 9.17) is 9.47 Å². The SMILES string of the molecule is COc1ccc(CN2C(=O)[C@]3(c4ccccc42)[C@H](c2ccc(C#N)cc2)C(C(=O)OC(C)(C)C)=CC3(C#N)C#N)cc1. The number of para-hydroxylation sites is 1. The van der Waals surface area contributed by atoms with Crippen LogP contribution in [0.3, 0.4) is 0 Å². The number of hydrogen-bond acceptors (Lipinski definition) is 7. The lowest BCUT2D eigenvalue weighted by atomic mass is 9.57. The van der Waals surface area contributed by atoms with Gasteiger partial charge in [0.15, 0.2) is 5.41 Å². The first kappa shape index (κ1) is 28.1. The number of rotatable bonds is 5. The van der Waals surface area contributed by atoms with Gasteiger partial charge < -0.3 is 14.4 Å². The van der Waals surface area contributed by atoms with Crippen molar-refractivity contribution < 1.29 is 19.1 Å². The highest BCUT2D eigenvalue weighted by Crippen LogP contribution is 2.65. The van der Waals surface area contributed by atoms with Crippen molar-refractivity contribution in [2.45, 2.75) is 44.2 Å². The lowest BCUT2D eigenvalue weighted by Gasteiger charge is -2.38.